The van der Waals surface area contributed by atoms with Crippen molar-refractivity contribution in [2.45, 2.75) is 37.2 Å². The molecule has 3 aromatic heterocycles. The van der Waals surface area contributed by atoms with Gasteiger partial charge in [0.05, 0.1) is 5.75 Å². The van der Waals surface area contributed by atoms with E-state index in [4.69, 9.17) is 8.94 Å². The predicted molar refractivity (Wildman–Crippen MR) is 76.6 cm³/mol. The number of nitrogens with zero attached hydrogens (tertiary/aromatic N) is 4. The minimum Gasteiger partial charge on any atom is -0.410 e. The Morgan fingerprint density at radius 2 is 2.14 bits per heavy atom. The van der Waals surface area contributed by atoms with Crippen LogP contribution in [0.25, 0.3) is 11.6 Å². The highest BCUT2D eigenvalue weighted by molar-refractivity contribution is 7.98. The minimum absolute atomic E-state index is 0.152. The number of rotatable bonds is 4. The zero-order chi connectivity index (χ0) is 14.9. The minimum atomic E-state index is -0.152. The standard InChI is InChI=1S/C13H15N5O2S/c1-13(2,3)11-15-9(18-20-11)7-21-12-17-16-10(19-12)8-5-4-6-14-8/h4-6,14H,7H2,1-3H3. The quantitative estimate of drug-likeness (QED) is 0.740. The lowest BCUT2D eigenvalue weighted by Crippen LogP contribution is -2.11. The van der Waals surface area contributed by atoms with Crippen LogP contribution in [0.4, 0.5) is 0 Å². The SMILES string of the molecule is CC(C)(C)c1nc(CSc2nnc(-c3ccc[nH]3)o2)no1. The molecule has 3 rings (SSSR count). The molecule has 0 saturated heterocycles. The second-order valence-electron chi connectivity index (χ2n) is 5.51. The lowest BCUT2D eigenvalue weighted by atomic mass is 9.97. The molecule has 0 aromatic carbocycles. The largest absolute Gasteiger partial charge is 0.410 e. The predicted octanol–water partition coefficient (Wildman–Crippen LogP) is 3.04. The summed E-state index contributed by atoms with van der Waals surface area (Å²) in [5, 5.41) is 12.4. The normalized spacial score (nSPS) is 12.0. The monoisotopic (exact) mass is 305 g/mol. The van der Waals surface area contributed by atoms with E-state index < -0.39 is 0 Å². The van der Waals surface area contributed by atoms with Crippen LogP contribution in [0.5, 0.6) is 0 Å². The number of thioether (sulfide) groups is 1. The molecular weight excluding hydrogens is 290 g/mol. The molecule has 0 fully saturated rings. The zero-order valence-corrected chi connectivity index (χ0v) is 12.8. The number of aromatic amines is 1. The second-order valence-corrected chi connectivity index (χ2v) is 6.44. The smallest absolute Gasteiger partial charge is 0.277 e. The Balaban J connectivity index is 1.64. The van der Waals surface area contributed by atoms with Gasteiger partial charge in [0.25, 0.3) is 11.1 Å². The molecule has 0 bridgehead atoms. The van der Waals surface area contributed by atoms with Gasteiger partial charge in [-0.15, -0.1) is 10.2 Å². The van der Waals surface area contributed by atoms with Crippen LogP contribution in [0, 0.1) is 0 Å². The average Bonchev–Trinajstić information content (AvgIpc) is 3.16. The van der Waals surface area contributed by atoms with Gasteiger partial charge in [-0.05, 0) is 12.1 Å². The Labute approximate surface area is 125 Å². The van der Waals surface area contributed by atoms with Crippen molar-refractivity contribution >= 4 is 11.8 Å². The Morgan fingerprint density at radius 1 is 1.29 bits per heavy atom. The van der Waals surface area contributed by atoms with Crippen molar-refractivity contribution in [1.29, 1.82) is 0 Å². The fourth-order valence-corrected chi connectivity index (χ4v) is 2.19. The van der Waals surface area contributed by atoms with E-state index >= 15 is 0 Å². The molecule has 1 N–H and O–H groups in total. The van der Waals surface area contributed by atoms with Crippen LogP contribution in [-0.2, 0) is 11.2 Å². The fourth-order valence-electron chi connectivity index (χ4n) is 1.58. The molecule has 0 aliphatic rings. The van der Waals surface area contributed by atoms with Gasteiger partial charge in [0.2, 0.25) is 5.89 Å². The summed E-state index contributed by atoms with van der Waals surface area (Å²) in [4.78, 5) is 7.37. The second kappa shape index (κ2) is 5.36. The number of nitrogens with one attached hydrogen (secondary N) is 1. The number of hydrogen-bond acceptors (Lipinski definition) is 7. The highest BCUT2D eigenvalue weighted by atomic mass is 32.2. The first-order chi connectivity index (χ1) is 10.0. The van der Waals surface area contributed by atoms with E-state index in [1.165, 1.54) is 11.8 Å². The molecule has 0 amide bonds. The maximum atomic E-state index is 5.55. The maximum Gasteiger partial charge on any atom is 0.277 e. The van der Waals surface area contributed by atoms with Crippen LogP contribution >= 0.6 is 11.8 Å². The average molecular weight is 305 g/mol. The number of aromatic nitrogens is 5. The van der Waals surface area contributed by atoms with Gasteiger partial charge in [0.15, 0.2) is 5.82 Å². The van der Waals surface area contributed by atoms with Crippen LogP contribution in [0.3, 0.4) is 0 Å². The van der Waals surface area contributed by atoms with E-state index in [1.54, 1.807) is 6.20 Å². The third kappa shape index (κ3) is 3.15. The maximum absolute atomic E-state index is 5.55. The molecule has 7 nitrogen and oxygen atoms in total. The molecule has 0 unspecified atom stereocenters. The third-order valence-electron chi connectivity index (χ3n) is 2.67. The van der Waals surface area contributed by atoms with Gasteiger partial charge in [0.1, 0.15) is 5.69 Å². The number of hydrogen-bond donors (Lipinski definition) is 1. The highest BCUT2D eigenvalue weighted by Gasteiger charge is 2.22. The Kier molecular flexibility index (Phi) is 3.54. The van der Waals surface area contributed by atoms with Crippen LogP contribution in [0.1, 0.15) is 32.5 Å². The van der Waals surface area contributed by atoms with E-state index in [9.17, 15) is 0 Å². The molecule has 3 heterocycles. The summed E-state index contributed by atoms with van der Waals surface area (Å²) in [6.45, 7) is 6.08. The molecule has 21 heavy (non-hydrogen) atoms. The molecule has 0 aliphatic carbocycles. The van der Waals surface area contributed by atoms with Crippen molar-refractivity contribution in [2.75, 3.05) is 0 Å². The fraction of sp³-hybridized carbons (Fsp3) is 0.385. The summed E-state index contributed by atoms with van der Waals surface area (Å²) >= 11 is 1.38. The van der Waals surface area contributed by atoms with Crippen molar-refractivity contribution < 1.29 is 8.94 Å². The summed E-state index contributed by atoms with van der Waals surface area (Å²) in [5.74, 6) is 2.22. The number of H-pyrrole nitrogens is 1. The van der Waals surface area contributed by atoms with E-state index in [2.05, 4.69) is 25.3 Å². The lowest BCUT2D eigenvalue weighted by molar-refractivity contribution is 0.319. The first kappa shape index (κ1) is 13.9. The summed E-state index contributed by atoms with van der Waals surface area (Å²) < 4.78 is 10.8. The van der Waals surface area contributed by atoms with Gasteiger partial charge in [0, 0.05) is 11.6 Å². The first-order valence-corrected chi connectivity index (χ1v) is 7.44. The van der Waals surface area contributed by atoms with Gasteiger partial charge in [-0.25, -0.2) is 0 Å². The van der Waals surface area contributed by atoms with Gasteiger partial charge < -0.3 is 13.9 Å². The van der Waals surface area contributed by atoms with Crippen LogP contribution in [0.2, 0.25) is 0 Å². The van der Waals surface area contributed by atoms with E-state index in [-0.39, 0.29) is 5.41 Å². The van der Waals surface area contributed by atoms with Crippen molar-refractivity contribution in [3.8, 4) is 11.6 Å². The molecule has 0 atom stereocenters. The molecule has 0 radical (unpaired) electrons. The van der Waals surface area contributed by atoms with Crippen molar-refractivity contribution in [1.82, 2.24) is 25.3 Å². The molecule has 110 valence electrons. The van der Waals surface area contributed by atoms with Gasteiger partial charge in [-0.3, -0.25) is 0 Å². The van der Waals surface area contributed by atoms with Gasteiger partial charge in [-0.1, -0.05) is 37.7 Å². The van der Waals surface area contributed by atoms with Crippen LogP contribution in [0.15, 0.2) is 32.5 Å². The van der Waals surface area contributed by atoms with E-state index in [0.29, 0.717) is 28.6 Å². The zero-order valence-electron chi connectivity index (χ0n) is 12.0. The topological polar surface area (TPSA) is 93.6 Å². The van der Waals surface area contributed by atoms with Gasteiger partial charge in [-0.2, -0.15) is 4.98 Å². The van der Waals surface area contributed by atoms with Gasteiger partial charge >= 0.3 is 0 Å². The van der Waals surface area contributed by atoms with Crippen molar-refractivity contribution in [3.63, 3.8) is 0 Å². The first-order valence-electron chi connectivity index (χ1n) is 6.45. The molecule has 0 saturated carbocycles. The summed E-state index contributed by atoms with van der Waals surface area (Å²) in [5.41, 5.74) is 0.644. The Bertz CT molecular complexity index is 711. The molecule has 0 spiro atoms. The summed E-state index contributed by atoms with van der Waals surface area (Å²) in [6.07, 6.45) is 1.81. The molecule has 3 aromatic rings. The van der Waals surface area contributed by atoms with Crippen molar-refractivity contribution in [2.24, 2.45) is 0 Å². The third-order valence-corrected chi connectivity index (χ3v) is 3.48. The van der Waals surface area contributed by atoms with Crippen LogP contribution in [-0.4, -0.2) is 25.3 Å². The molecular formula is C13H15N5O2S. The van der Waals surface area contributed by atoms with Crippen molar-refractivity contribution in [3.05, 3.63) is 30.0 Å². The molecule has 8 heteroatoms. The lowest BCUT2D eigenvalue weighted by Gasteiger charge is -2.10. The summed E-state index contributed by atoms with van der Waals surface area (Å²) in [6, 6.07) is 3.75. The highest BCUT2D eigenvalue weighted by Crippen LogP contribution is 2.25. The Hall–Kier alpha value is -2.09. The van der Waals surface area contributed by atoms with E-state index in [1.807, 2.05) is 32.9 Å². The Morgan fingerprint density at radius 3 is 2.81 bits per heavy atom. The summed E-state index contributed by atoms with van der Waals surface area (Å²) in [7, 11) is 0. The van der Waals surface area contributed by atoms with E-state index in [0.717, 1.165) is 5.69 Å². The molecule has 0 aliphatic heterocycles. The van der Waals surface area contributed by atoms with Crippen LogP contribution < -0.4 is 0 Å².